The number of quaternary nitrogens is 1. The number of likely N-dealkylation sites (N-methyl/N-ethyl adjacent to an activating group) is 1. The van der Waals surface area contributed by atoms with Crippen LogP contribution in [-0.4, -0.2) is 73.4 Å². The second kappa shape index (κ2) is 38.2. The first kappa shape index (κ1) is 53.7. The molecular formula is C46H90N2O6P+. The van der Waals surface area contributed by atoms with Crippen molar-refractivity contribution >= 4 is 13.7 Å². The molecule has 0 aromatic carbocycles. The predicted octanol–water partition coefficient (Wildman–Crippen LogP) is 12.7. The molecule has 0 aliphatic carbocycles. The molecule has 0 bridgehead atoms. The summed E-state index contributed by atoms with van der Waals surface area (Å²) in [6.45, 7) is 4.79. The van der Waals surface area contributed by atoms with Crippen LogP contribution in [0.4, 0.5) is 0 Å². The predicted molar refractivity (Wildman–Crippen MR) is 235 cm³/mol. The highest BCUT2D eigenvalue weighted by atomic mass is 31.2. The number of hydrogen-bond acceptors (Lipinski definition) is 5. The smallest absolute Gasteiger partial charge is 0.387 e. The van der Waals surface area contributed by atoms with E-state index in [9.17, 15) is 19.4 Å². The summed E-state index contributed by atoms with van der Waals surface area (Å²) >= 11 is 0. The minimum Gasteiger partial charge on any atom is -0.387 e. The van der Waals surface area contributed by atoms with Crippen molar-refractivity contribution in [3.8, 4) is 0 Å². The molecule has 3 atom stereocenters. The second-order valence-corrected chi connectivity index (χ2v) is 18.2. The third-order valence-corrected chi connectivity index (χ3v) is 11.1. The van der Waals surface area contributed by atoms with Crippen molar-refractivity contribution in [1.82, 2.24) is 5.32 Å². The van der Waals surface area contributed by atoms with Crippen LogP contribution in [0, 0.1) is 0 Å². The van der Waals surface area contributed by atoms with Crippen molar-refractivity contribution in [2.75, 3.05) is 40.9 Å². The first-order valence-electron chi connectivity index (χ1n) is 22.9. The van der Waals surface area contributed by atoms with Gasteiger partial charge >= 0.3 is 7.82 Å². The van der Waals surface area contributed by atoms with E-state index in [1.54, 1.807) is 6.08 Å². The van der Waals surface area contributed by atoms with Gasteiger partial charge in [-0.2, -0.15) is 0 Å². The van der Waals surface area contributed by atoms with Crippen molar-refractivity contribution in [2.24, 2.45) is 0 Å². The number of nitrogens with zero attached hydrogens (tertiary/aromatic N) is 1. The summed E-state index contributed by atoms with van der Waals surface area (Å²) < 4.78 is 23.6. The van der Waals surface area contributed by atoms with Crippen molar-refractivity contribution in [3.63, 3.8) is 0 Å². The molecule has 0 aromatic rings. The molecular weight excluding hydrogens is 707 g/mol. The van der Waals surface area contributed by atoms with Crippen LogP contribution < -0.4 is 5.32 Å². The van der Waals surface area contributed by atoms with Crippen LogP contribution in [0.1, 0.15) is 200 Å². The number of amides is 1. The molecule has 55 heavy (non-hydrogen) atoms. The first-order valence-corrected chi connectivity index (χ1v) is 24.4. The molecule has 1 amide bonds. The molecule has 3 N–H and O–H groups in total. The Morgan fingerprint density at radius 3 is 1.51 bits per heavy atom. The Hall–Kier alpha value is -1.28. The first-order chi connectivity index (χ1) is 26.5. The lowest BCUT2D eigenvalue weighted by molar-refractivity contribution is -0.870. The monoisotopic (exact) mass is 798 g/mol. The molecule has 0 rings (SSSR count). The number of aliphatic hydroxyl groups excluding tert-OH is 1. The molecule has 0 radical (unpaired) electrons. The van der Waals surface area contributed by atoms with E-state index in [1.165, 1.54) is 128 Å². The van der Waals surface area contributed by atoms with E-state index in [1.807, 2.05) is 27.2 Å². The van der Waals surface area contributed by atoms with Crippen LogP contribution in [-0.2, 0) is 18.4 Å². The van der Waals surface area contributed by atoms with Crippen LogP contribution in [0.5, 0.6) is 0 Å². The minimum atomic E-state index is -4.34. The van der Waals surface area contributed by atoms with Crippen LogP contribution in [0.3, 0.4) is 0 Å². The summed E-state index contributed by atoms with van der Waals surface area (Å²) in [6.07, 6.45) is 46.3. The number of rotatable bonds is 41. The van der Waals surface area contributed by atoms with E-state index in [-0.39, 0.29) is 19.1 Å². The lowest BCUT2D eigenvalue weighted by Gasteiger charge is -2.25. The van der Waals surface area contributed by atoms with Crippen molar-refractivity contribution in [3.05, 3.63) is 36.5 Å². The van der Waals surface area contributed by atoms with Crippen molar-refractivity contribution in [2.45, 2.75) is 212 Å². The number of phosphoric acid groups is 1. The Balaban J connectivity index is 4.42. The number of phosphoric ester groups is 1. The van der Waals surface area contributed by atoms with Gasteiger partial charge in [-0.1, -0.05) is 179 Å². The molecule has 0 saturated heterocycles. The lowest BCUT2D eigenvalue weighted by atomic mass is 10.0. The van der Waals surface area contributed by atoms with Gasteiger partial charge in [-0.05, 0) is 51.4 Å². The van der Waals surface area contributed by atoms with Gasteiger partial charge in [0.1, 0.15) is 13.2 Å². The number of allylic oxidation sites excluding steroid dienone is 5. The number of aliphatic hydroxyl groups is 1. The standard InChI is InChI=1S/C46H89N2O6P/c1-6-8-10-12-14-16-18-20-22-23-24-26-28-30-32-34-36-38-40-46(50)47-44(43-54-55(51,52)53-42-41-48(3,4)5)45(49)39-37-35-33-31-29-27-25-21-19-17-15-13-11-9-7-2/h16,18,22-23,37,39,44-45,49H,6-15,17,19-21,24-36,38,40-43H2,1-5H3,(H-,47,50,51,52)/p+1/b18-16-,23-22-,39-37+. The number of hydrogen-bond donors (Lipinski definition) is 3. The van der Waals surface area contributed by atoms with Crippen LogP contribution in [0.2, 0.25) is 0 Å². The van der Waals surface area contributed by atoms with Gasteiger partial charge in [0.25, 0.3) is 0 Å². The van der Waals surface area contributed by atoms with Crippen molar-refractivity contribution < 1.29 is 32.9 Å². The molecule has 0 aliphatic heterocycles. The molecule has 0 aromatic heterocycles. The van der Waals surface area contributed by atoms with Crippen LogP contribution in [0.25, 0.3) is 0 Å². The number of nitrogens with one attached hydrogen (secondary N) is 1. The van der Waals surface area contributed by atoms with Gasteiger partial charge in [-0.25, -0.2) is 4.57 Å². The molecule has 3 unspecified atom stereocenters. The molecule has 324 valence electrons. The molecule has 0 heterocycles. The summed E-state index contributed by atoms with van der Waals surface area (Å²) in [4.78, 5) is 23.1. The van der Waals surface area contributed by atoms with Crippen molar-refractivity contribution in [1.29, 1.82) is 0 Å². The number of carbonyl (C=O) groups is 1. The average Bonchev–Trinajstić information content (AvgIpc) is 3.13. The Morgan fingerprint density at radius 1 is 0.618 bits per heavy atom. The zero-order valence-electron chi connectivity index (χ0n) is 36.7. The van der Waals surface area contributed by atoms with Gasteiger partial charge in [0.15, 0.2) is 0 Å². The Kier molecular flexibility index (Phi) is 37.4. The van der Waals surface area contributed by atoms with Gasteiger partial charge in [0.05, 0.1) is 39.9 Å². The zero-order chi connectivity index (χ0) is 40.7. The van der Waals surface area contributed by atoms with E-state index in [4.69, 9.17) is 9.05 Å². The highest BCUT2D eigenvalue weighted by Gasteiger charge is 2.27. The normalized spacial score (nSPS) is 14.7. The number of unbranched alkanes of at least 4 members (excludes halogenated alkanes) is 24. The highest BCUT2D eigenvalue weighted by Crippen LogP contribution is 2.43. The summed E-state index contributed by atoms with van der Waals surface area (Å²) in [7, 11) is 1.57. The Morgan fingerprint density at radius 2 is 1.04 bits per heavy atom. The van der Waals surface area contributed by atoms with Gasteiger partial charge in [0, 0.05) is 6.42 Å². The van der Waals surface area contributed by atoms with Gasteiger partial charge in [-0.15, -0.1) is 0 Å². The highest BCUT2D eigenvalue weighted by molar-refractivity contribution is 7.47. The van der Waals surface area contributed by atoms with E-state index < -0.39 is 20.0 Å². The van der Waals surface area contributed by atoms with E-state index in [0.717, 1.165) is 51.4 Å². The lowest BCUT2D eigenvalue weighted by Crippen LogP contribution is -2.45. The summed E-state index contributed by atoms with van der Waals surface area (Å²) in [5.41, 5.74) is 0. The quantitative estimate of drug-likeness (QED) is 0.0246. The minimum absolute atomic E-state index is 0.0596. The fourth-order valence-corrected chi connectivity index (χ4v) is 7.16. The van der Waals surface area contributed by atoms with E-state index in [2.05, 4.69) is 43.5 Å². The maximum Gasteiger partial charge on any atom is 0.472 e. The molecule has 8 nitrogen and oxygen atoms in total. The average molecular weight is 798 g/mol. The third kappa shape index (κ3) is 40.7. The Labute approximate surface area is 340 Å². The molecule has 0 aliphatic rings. The van der Waals surface area contributed by atoms with Crippen LogP contribution >= 0.6 is 7.82 Å². The van der Waals surface area contributed by atoms with E-state index >= 15 is 0 Å². The molecule has 0 spiro atoms. The van der Waals surface area contributed by atoms with Gasteiger partial charge < -0.3 is 19.8 Å². The van der Waals surface area contributed by atoms with Crippen LogP contribution in [0.15, 0.2) is 36.5 Å². The molecule has 9 heteroatoms. The topological polar surface area (TPSA) is 105 Å². The van der Waals surface area contributed by atoms with E-state index in [0.29, 0.717) is 17.4 Å². The fraction of sp³-hybridized carbons (Fsp3) is 0.848. The van der Waals surface area contributed by atoms with Gasteiger partial charge in [-0.3, -0.25) is 13.8 Å². The summed E-state index contributed by atoms with van der Waals surface area (Å²) in [5, 5.41) is 13.8. The summed E-state index contributed by atoms with van der Waals surface area (Å²) in [6, 6.07) is -0.849. The maximum absolute atomic E-state index is 12.9. The third-order valence-electron chi connectivity index (χ3n) is 10.1. The molecule has 0 fully saturated rings. The summed E-state index contributed by atoms with van der Waals surface area (Å²) in [5.74, 6) is -0.186. The van der Waals surface area contributed by atoms with Gasteiger partial charge in [0.2, 0.25) is 5.91 Å². The second-order valence-electron chi connectivity index (χ2n) is 16.8. The zero-order valence-corrected chi connectivity index (χ0v) is 37.6. The Bertz CT molecular complexity index is 995. The number of carbonyl (C=O) groups excluding carboxylic acids is 1. The fourth-order valence-electron chi connectivity index (χ4n) is 6.42. The maximum atomic E-state index is 12.9. The molecule has 0 saturated carbocycles. The largest absolute Gasteiger partial charge is 0.472 e. The SMILES string of the molecule is CCCCCC/C=C\C/C=C\CCCCCCCCCC(=O)NC(COP(=O)(O)OCC[N+](C)(C)C)C(O)/C=C/CCCCCCCCCCCCCCC.